The second-order valence-electron chi connectivity index (χ2n) is 4.70. The van der Waals surface area contributed by atoms with Crippen molar-refractivity contribution < 1.29 is 9.47 Å². The van der Waals surface area contributed by atoms with Crippen molar-refractivity contribution in [2.45, 2.75) is 19.4 Å². The van der Waals surface area contributed by atoms with Gasteiger partial charge in [-0.2, -0.15) is 0 Å². The van der Waals surface area contributed by atoms with Crippen molar-refractivity contribution >= 4 is 11.0 Å². The number of aromatic amines is 1. The van der Waals surface area contributed by atoms with E-state index in [-0.39, 0.29) is 0 Å². The predicted molar refractivity (Wildman–Crippen MR) is 79.7 cm³/mol. The van der Waals surface area contributed by atoms with E-state index >= 15 is 0 Å². The zero-order chi connectivity index (χ0) is 14.0. The zero-order valence-corrected chi connectivity index (χ0v) is 12.0. The maximum Gasteiger partial charge on any atom is 0.137 e. The molecule has 0 aliphatic rings. The molecule has 0 spiro atoms. The Balaban J connectivity index is 1.57. The van der Waals surface area contributed by atoms with Crippen LogP contribution in [0.25, 0.3) is 11.0 Å². The molecule has 5 nitrogen and oxygen atoms in total. The second-order valence-corrected chi connectivity index (χ2v) is 4.70. The molecular weight excluding hydrogens is 254 g/mol. The normalized spacial score (nSPS) is 11.2. The van der Waals surface area contributed by atoms with Crippen molar-refractivity contribution in [1.82, 2.24) is 15.3 Å². The van der Waals surface area contributed by atoms with Gasteiger partial charge in [-0.25, -0.2) is 4.98 Å². The molecule has 0 amide bonds. The number of fused-ring (bicyclic) bond motifs is 1. The molecule has 0 saturated carbocycles. The number of methoxy groups -OCH3 is 1. The number of aromatic nitrogens is 2. The Labute approximate surface area is 119 Å². The van der Waals surface area contributed by atoms with Gasteiger partial charge in [0.15, 0.2) is 0 Å². The molecule has 0 bridgehead atoms. The number of nitrogens with zero attached hydrogens (tertiary/aromatic N) is 1. The van der Waals surface area contributed by atoms with Gasteiger partial charge in [0.05, 0.1) is 13.2 Å². The Morgan fingerprint density at radius 3 is 3.10 bits per heavy atom. The van der Waals surface area contributed by atoms with Crippen LogP contribution in [-0.2, 0) is 16.0 Å². The number of nitrogens with one attached hydrogen (secondary N) is 2. The molecule has 2 N–H and O–H groups in total. The van der Waals surface area contributed by atoms with Gasteiger partial charge in [-0.3, -0.25) is 0 Å². The summed E-state index contributed by atoms with van der Waals surface area (Å²) < 4.78 is 10.3. The van der Waals surface area contributed by atoms with E-state index in [0.717, 1.165) is 38.2 Å². The molecule has 2 heterocycles. The number of unbranched alkanes of at least 4 members (excludes halogenated alkanes) is 1. The van der Waals surface area contributed by atoms with Crippen LogP contribution in [0, 0.1) is 0 Å². The minimum atomic E-state index is 0.673. The van der Waals surface area contributed by atoms with E-state index in [1.54, 1.807) is 13.3 Å². The maximum absolute atomic E-state index is 5.42. The van der Waals surface area contributed by atoms with Crippen molar-refractivity contribution in [3.05, 3.63) is 30.1 Å². The van der Waals surface area contributed by atoms with Gasteiger partial charge in [0.25, 0.3) is 0 Å². The molecule has 0 atom stereocenters. The molecule has 5 heteroatoms. The number of rotatable bonds is 10. The van der Waals surface area contributed by atoms with Gasteiger partial charge in [0.1, 0.15) is 5.65 Å². The summed E-state index contributed by atoms with van der Waals surface area (Å²) in [6.45, 7) is 4.04. The molecule has 20 heavy (non-hydrogen) atoms. The third kappa shape index (κ3) is 4.59. The van der Waals surface area contributed by atoms with Crippen LogP contribution in [0.5, 0.6) is 0 Å². The number of hydrogen-bond acceptors (Lipinski definition) is 4. The molecule has 0 radical (unpaired) electrons. The molecule has 0 aliphatic carbocycles. The lowest BCUT2D eigenvalue weighted by atomic mass is 10.2. The van der Waals surface area contributed by atoms with Gasteiger partial charge in [-0.05, 0) is 37.1 Å². The molecule has 2 aromatic heterocycles. The highest BCUT2D eigenvalue weighted by molar-refractivity contribution is 5.79. The van der Waals surface area contributed by atoms with Crippen LogP contribution < -0.4 is 5.32 Å². The van der Waals surface area contributed by atoms with Gasteiger partial charge in [0, 0.05) is 38.0 Å². The Hall–Kier alpha value is -1.43. The molecule has 0 aliphatic heterocycles. The van der Waals surface area contributed by atoms with E-state index in [1.165, 1.54) is 10.9 Å². The fourth-order valence-electron chi connectivity index (χ4n) is 2.08. The molecule has 110 valence electrons. The second kappa shape index (κ2) is 8.68. The highest BCUT2D eigenvalue weighted by atomic mass is 16.5. The van der Waals surface area contributed by atoms with Crippen LogP contribution in [0.4, 0.5) is 0 Å². The third-order valence-corrected chi connectivity index (χ3v) is 3.18. The summed E-state index contributed by atoms with van der Waals surface area (Å²) in [4.78, 5) is 7.47. The maximum atomic E-state index is 5.42. The minimum absolute atomic E-state index is 0.673. The monoisotopic (exact) mass is 277 g/mol. The van der Waals surface area contributed by atoms with Gasteiger partial charge in [0.2, 0.25) is 0 Å². The average Bonchev–Trinajstić information content (AvgIpc) is 2.89. The predicted octanol–water partition coefficient (Wildman–Crippen LogP) is 2.10. The fraction of sp³-hybridized carbons (Fsp3) is 0.533. The Morgan fingerprint density at radius 2 is 2.20 bits per heavy atom. The Kier molecular flexibility index (Phi) is 6.50. The van der Waals surface area contributed by atoms with Gasteiger partial charge in [-0.1, -0.05) is 0 Å². The Morgan fingerprint density at radius 1 is 1.25 bits per heavy atom. The largest absolute Gasteiger partial charge is 0.382 e. The van der Waals surface area contributed by atoms with Crippen LogP contribution in [0.1, 0.15) is 18.4 Å². The van der Waals surface area contributed by atoms with E-state index in [9.17, 15) is 0 Å². The summed E-state index contributed by atoms with van der Waals surface area (Å²) in [6, 6.07) is 4.07. The van der Waals surface area contributed by atoms with Crippen LogP contribution in [0.15, 0.2) is 24.5 Å². The number of pyridine rings is 1. The highest BCUT2D eigenvalue weighted by Gasteiger charge is 2.02. The van der Waals surface area contributed by atoms with Crippen LogP contribution in [0.3, 0.4) is 0 Å². The molecule has 2 rings (SSSR count). The zero-order valence-electron chi connectivity index (χ0n) is 12.0. The van der Waals surface area contributed by atoms with Crippen molar-refractivity contribution in [2.24, 2.45) is 0 Å². The molecule has 0 aromatic carbocycles. The summed E-state index contributed by atoms with van der Waals surface area (Å²) >= 11 is 0. The van der Waals surface area contributed by atoms with Crippen LogP contribution in [-0.4, -0.2) is 43.4 Å². The van der Waals surface area contributed by atoms with E-state index < -0.39 is 0 Å². The van der Waals surface area contributed by atoms with Gasteiger partial charge >= 0.3 is 0 Å². The lowest BCUT2D eigenvalue weighted by Gasteiger charge is -2.05. The van der Waals surface area contributed by atoms with E-state index in [1.807, 2.05) is 12.3 Å². The first-order valence-corrected chi connectivity index (χ1v) is 7.10. The van der Waals surface area contributed by atoms with E-state index in [2.05, 4.69) is 21.4 Å². The van der Waals surface area contributed by atoms with E-state index in [0.29, 0.717) is 13.2 Å². The van der Waals surface area contributed by atoms with Crippen molar-refractivity contribution in [1.29, 1.82) is 0 Å². The lowest BCUT2D eigenvalue weighted by Crippen LogP contribution is -2.15. The summed E-state index contributed by atoms with van der Waals surface area (Å²) in [5, 5.41) is 4.65. The molecule has 0 saturated heterocycles. The summed E-state index contributed by atoms with van der Waals surface area (Å²) in [6.07, 6.45) is 6.03. The summed E-state index contributed by atoms with van der Waals surface area (Å²) in [7, 11) is 1.69. The van der Waals surface area contributed by atoms with Crippen LogP contribution in [0.2, 0.25) is 0 Å². The first kappa shape index (κ1) is 15.0. The van der Waals surface area contributed by atoms with Crippen LogP contribution >= 0.6 is 0 Å². The molecule has 2 aromatic rings. The highest BCUT2D eigenvalue weighted by Crippen LogP contribution is 2.14. The summed E-state index contributed by atoms with van der Waals surface area (Å²) in [5.74, 6) is 0. The first-order valence-electron chi connectivity index (χ1n) is 7.10. The van der Waals surface area contributed by atoms with Crippen molar-refractivity contribution in [2.75, 3.05) is 33.5 Å². The average molecular weight is 277 g/mol. The van der Waals surface area contributed by atoms with Crippen molar-refractivity contribution in [3.8, 4) is 0 Å². The molecular formula is C15H23N3O2. The quantitative estimate of drug-likeness (QED) is 0.653. The first-order chi connectivity index (χ1) is 9.92. The third-order valence-electron chi connectivity index (χ3n) is 3.18. The van der Waals surface area contributed by atoms with Gasteiger partial charge < -0.3 is 19.8 Å². The van der Waals surface area contributed by atoms with Crippen molar-refractivity contribution in [3.63, 3.8) is 0 Å². The topological polar surface area (TPSA) is 59.2 Å². The smallest absolute Gasteiger partial charge is 0.137 e. The lowest BCUT2D eigenvalue weighted by molar-refractivity contribution is 0.0688. The summed E-state index contributed by atoms with van der Waals surface area (Å²) in [5.41, 5.74) is 2.22. The standard InChI is InChI=1S/C15H23N3O2/c1-19-9-10-20-8-3-2-6-16-11-13-12-18-15-14(13)5-4-7-17-15/h4-5,7,12,16H,2-3,6,8-11H2,1H3,(H,17,18). The Bertz CT molecular complexity index is 499. The number of hydrogen-bond donors (Lipinski definition) is 2. The number of ether oxygens (including phenoxy) is 2. The van der Waals surface area contributed by atoms with Gasteiger partial charge in [-0.15, -0.1) is 0 Å². The fourth-order valence-corrected chi connectivity index (χ4v) is 2.08. The SMILES string of the molecule is COCCOCCCCNCc1c[nH]c2ncccc12. The minimum Gasteiger partial charge on any atom is -0.382 e. The molecule has 0 fully saturated rings. The number of H-pyrrole nitrogens is 1. The van der Waals surface area contributed by atoms with E-state index in [4.69, 9.17) is 9.47 Å². The molecule has 0 unspecified atom stereocenters.